The zero-order valence-electron chi connectivity index (χ0n) is 15.3. The third-order valence-electron chi connectivity index (χ3n) is 4.79. The molecular weight excluding hydrogens is 434 g/mol. The summed E-state index contributed by atoms with van der Waals surface area (Å²) in [7, 11) is 0. The molecule has 1 aromatic heterocycles. The second-order valence-electron chi connectivity index (χ2n) is 6.69. The molecule has 146 valence electrons. The van der Waals surface area contributed by atoms with Gasteiger partial charge in [-0.15, -0.1) is 0 Å². The van der Waals surface area contributed by atoms with Crippen LogP contribution in [0.15, 0.2) is 80.7 Å². The van der Waals surface area contributed by atoms with Crippen LogP contribution in [0.25, 0.3) is 11.3 Å². The van der Waals surface area contributed by atoms with Crippen LogP contribution in [0.3, 0.4) is 0 Å². The minimum atomic E-state index is -0.816. The molecule has 0 spiro atoms. The van der Waals surface area contributed by atoms with Gasteiger partial charge in [-0.25, -0.2) is 5.43 Å². The summed E-state index contributed by atoms with van der Waals surface area (Å²) in [4.78, 5) is 24.7. The SMILES string of the molecule is O=C1NC[C@H](c2ccccc2)[C@H]1C(=O)N/N=C/c1ccc(-c2cccc(Br)c2)o1. The minimum Gasteiger partial charge on any atom is -0.455 e. The van der Waals surface area contributed by atoms with E-state index in [9.17, 15) is 9.59 Å². The van der Waals surface area contributed by atoms with Crippen molar-refractivity contribution in [1.82, 2.24) is 10.7 Å². The first kappa shape index (κ1) is 19.1. The number of rotatable bonds is 5. The van der Waals surface area contributed by atoms with Crippen LogP contribution in [0, 0.1) is 5.92 Å². The van der Waals surface area contributed by atoms with Gasteiger partial charge in [0, 0.05) is 22.5 Å². The molecule has 29 heavy (non-hydrogen) atoms. The summed E-state index contributed by atoms with van der Waals surface area (Å²) in [5.41, 5.74) is 4.33. The first-order valence-electron chi connectivity index (χ1n) is 9.13. The number of benzene rings is 2. The number of hydrogen-bond donors (Lipinski definition) is 2. The fraction of sp³-hybridized carbons (Fsp3) is 0.136. The summed E-state index contributed by atoms with van der Waals surface area (Å²) in [6.45, 7) is 0.429. The predicted octanol–water partition coefficient (Wildman–Crippen LogP) is 3.69. The molecule has 1 saturated heterocycles. The smallest absolute Gasteiger partial charge is 0.253 e. The summed E-state index contributed by atoms with van der Waals surface area (Å²) in [6.07, 6.45) is 1.42. The van der Waals surface area contributed by atoms with E-state index in [1.165, 1.54) is 6.21 Å². The van der Waals surface area contributed by atoms with Gasteiger partial charge in [-0.05, 0) is 29.8 Å². The maximum absolute atomic E-state index is 12.6. The van der Waals surface area contributed by atoms with Crippen molar-refractivity contribution in [2.75, 3.05) is 6.54 Å². The molecular formula is C22H18BrN3O3. The number of amides is 2. The summed E-state index contributed by atoms with van der Waals surface area (Å²) >= 11 is 3.43. The van der Waals surface area contributed by atoms with E-state index in [4.69, 9.17) is 4.42 Å². The number of hydrazone groups is 1. The molecule has 2 aromatic carbocycles. The van der Waals surface area contributed by atoms with E-state index in [-0.39, 0.29) is 11.8 Å². The molecule has 1 fully saturated rings. The van der Waals surface area contributed by atoms with Gasteiger partial charge in [0.15, 0.2) is 0 Å². The average Bonchev–Trinajstić information content (AvgIpc) is 3.35. The second-order valence-corrected chi connectivity index (χ2v) is 7.60. The first-order valence-corrected chi connectivity index (χ1v) is 9.92. The van der Waals surface area contributed by atoms with Gasteiger partial charge in [0.25, 0.3) is 5.91 Å². The Kier molecular flexibility index (Phi) is 5.57. The fourth-order valence-electron chi connectivity index (χ4n) is 3.38. The molecule has 2 atom stereocenters. The van der Waals surface area contributed by atoms with E-state index in [0.29, 0.717) is 18.1 Å². The molecule has 2 amide bonds. The van der Waals surface area contributed by atoms with Crippen molar-refractivity contribution in [3.8, 4) is 11.3 Å². The third kappa shape index (κ3) is 4.30. The summed E-state index contributed by atoms with van der Waals surface area (Å²) in [6, 6.07) is 20.9. The van der Waals surface area contributed by atoms with Crippen molar-refractivity contribution in [2.24, 2.45) is 11.0 Å². The first-order chi connectivity index (χ1) is 14.1. The van der Waals surface area contributed by atoms with Gasteiger partial charge in [-0.2, -0.15) is 5.10 Å². The number of hydrogen-bond acceptors (Lipinski definition) is 4. The highest BCUT2D eigenvalue weighted by Crippen LogP contribution is 2.29. The van der Waals surface area contributed by atoms with Crippen molar-refractivity contribution in [3.05, 3.63) is 82.5 Å². The van der Waals surface area contributed by atoms with E-state index < -0.39 is 11.8 Å². The van der Waals surface area contributed by atoms with Crippen LogP contribution in [0.4, 0.5) is 0 Å². The Morgan fingerprint density at radius 1 is 1.14 bits per heavy atom. The summed E-state index contributed by atoms with van der Waals surface area (Å²) < 4.78 is 6.70. The number of furan rings is 1. The van der Waals surface area contributed by atoms with E-state index in [0.717, 1.165) is 15.6 Å². The Morgan fingerprint density at radius 2 is 1.97 bits per heavy atom. The van der Waals surface area contributed by atoms with Crippen LogP contribution >= 0.6 is 15.9 Å². The zero-order valence-corrected chi connectivity index (χ0v) is 16.9. The maximum Gasteiger partial charge on any atom is 0.253 e. The Balaban J connectivity index is 1.43. The molecule has 2 N–H and O–H groups in total. The zero-order chi connectivity index (χ0) is 20.2. The summed E-state index contributed by atoms with van der Waals surface area (Å²) in [5.74, 6) is -0.575. The topological polar surface area (TPSA) is 83.7 Å². The van der Waals surface area contributed by atoms with Crippen molar-refractivity contribution < 1.29 is 14.0 Å². The molecule has 4 rings (SSSR count). The van der Waals surface area contributed by atoms with Crippen molar-refractivity contribution in [3.63, 3.8) is 0 Å². The maximum atomic E-state index is 12.6. The van der Waals surface area contributed by atoms with E-state index in [1.807, 2.05) is 60.7 Å². The van der Waals surface area contributed by atoms with Gasteiger partial charge in [0.05, 0.1) is 6.21 Å². The number of nitrogens with zero attached hydrogens (tertiary/aromatic N) is 1. The molecule has 2 heterocycles. The van der Waals surface area contributed by atoms with Gasteiger partial charge in [-0.3, -0.25) is 9.59 Å². The molecule has 0 radical (unpaired) electrons. The van der Waals surface area contributed by atoms with Gasteiger partial charge >= 0.3 is 0 Å². The van der Waals surface area contributed by atoms with Gasteiger partial charge in [-0.1, -0.05) is 58.4 Å². The standard InChI is InChI=1S/C22H18BrN3O3/c23-16-8-4-7-15(11-16)19-10-9-17(29-19)12-25-26-22(28)20-18(13-24-21(20)27)14-5-2-1-3-6-14/h1-12,18,20H,13H2,(H,24,27)(H,26,28)/b25-12+/t18-,20-/m1/s1. The van der Waals surface area contributed by atoms with Crippen molar-refractivity contribution >= 4 is 34.0 Å². The predicted molar refractivity (Wildman–Crippen MR) is 113 cm³/mol. The van der Waals surface area contributed by atoms with Crippen LogP contribution in [-0.2, 0) is 9.59 Å². The molecule has 0 bridgehead atoms. The Hall–Kier alpha value is -3.19. The number of carbonyl (C=O) groups excluding carboxylic acids is 2. The van der Waals surface area contributed by atoms with Crippen LogP contribution < -0.4 is 10.7 Å². The van der Waals surface area contributed by atoms with Crippen LogP contribution in [0.2, 0.25) is 0 Å². The van der Waals surface area contributed by atoms with Crippen molar-refractivity contribution in [1.29, 1.82) is 0 Å². The number of halogens is 1. The van der Waals surface area contributed by atoms with Crippen molar-refractivity contribution in [2.45, 2.75) is 5.92 Å². The third-order valence-corrected chi connectivity index (χ3v) is 5.29. The van der Waals surface area contributed by atoms with E-state index >= 15 is 0 Å². The molecule has 1 aliphatic heterocycles. The van der Waals surface area contributed by atoms with E-state index in [1.54, 1.807) is 6.07 Å². The lowest BCUT2D eigenvalue weighted by molar-refractivity contribution is -0.133. The Morgan fingerprint density at radius 3 is 2.76 bits per heavy atom. The van der Waals surface area contributed by atoms with Crippen LogP contribution in [0.5, 0.6) is 0 Å². The molecule has 3 aromatic rings. The highest BCUT2D eigenvalue weighted by Gasteiger charge is 2.40. The summed E-state index contributed by atoms with van der Waals surface area (Å²) in [5, 5.41) is 6.72. The van der Waals surface area contributed by atoms with Gasteiger partial charge in [0.2, 0.25) is 5.91 Å². The van der Waals surface area contributed by atoms with E-state index in [2.05, 4.69) is 31.8 Å². The monoisotopic (exact) mass is 451 g/mol. The molecule has 6 nitrogen and oxygen atoms in total. The Labute approximate surface area is 176 Å². The lowest BCUT2D eigenvalue weighted by Gasteiger charge is -2.15. The fourth-order valence-corrected chi connectivity index (χ4v) is 3.78. The quantitative estimate of drug-likeness (QED) is 0.352. The molecule has 0 saturated carbocycles. The highest BCUT2D eigenvalue weighted by atomic mass is 79.9. The molecule has 0 aliphatic carbocycles. The minimum absolute atomic E-state index is 0.217. The molecule has 7 heteroatoms. The number of carbonyl (C=O) groups is 2. The molecule has 1 aliphatic rings. The van der Waals surface area contributed by atoms with Gasteiger partial charge < -0.3 is 9.73 Å². The lowest BCUT2D eigenvalue weighted by Crippen LogP contribution is -2.34. The Bertz CT molecular complexity index is 1060. The number of nitrogens with one attached hydrogen (secondary N) is 2. The molecule has 0 unspecified atom stereocenters. The second kappa shape index (κ2) is 8.45. The average molecular weight is 452 g/mol. The lowest BCUT2D eigenvalue weighted by atomic mass is 9.88. The van der Waals surface area contributed by atoms with Crippen LogP contribution in [0.1, 0.15) is 17.2 Å². The highest BCUT2D eigenvalue weighted by molar-refractivity contribution is 9.10. The normalized spacial score (nSPS) is 18.7. The van der Waals surface area contributed by atoms with Gasteiger partial charge in [0.1, 0.15) is 17.4 Å². The van der Waals surface area contributed by atoms with Crippen LogP contribution in [-0.4, -0.2) is 24.6 Å². The largest absolute Gasteiger partial charge is 0.455 e.